The molecule has 0 atom stereocenters. The quantitative estimate of drug-likeness (QED) is 0.522. The van der Waals surface area contributed by atoms with Crippen LogP contribution in [0.1, 0.15) is 0 Å². The molecule has 0 heterocycles. The predicted molar refractivity (Wildman–Crippen MR) is 69.0 cm³/mol. The van der Waals surface area contributed by atoms with E-state index in [2.05, 4.69) is 0 Å². The van der Waals surface area contributed by atoms with Crippen molar-refractivity contribution in [1.29, 1.82) is 0 Å². The summed E-state index contributed by atoms with van der Waals surface area (Å²) in [4.78, 5) is 10.3. The molecule has 0 spiro atoms. The summed E-state index contributed by atoms with van der Waals surface area (Å²) in [6.45, 7) is 0. The molecule has 0 aliphatic rings. The van der Waals surface area contributed by atoms with Gasteiger partial charge in [-0.15, -0.1) is 0 Å². The maximum atomic E-state index is 10.9. The maximum absolute atomic E-state index is 10.9. The van der Waals surface area contributed by atoms with Crippen molar-refractivity contribution in [2.75, 3.05) is 5.73 Å². The summed E-state index contributed by atoms with van der Waals surface area (Å²) in [7, 11) is 0. The van der Waals surface area contributed by atoms with E-state index in [1.54, 1.807) is 24.3 Å². The number of para-hydroxylation sites is 3. The van der Waals surface area contributed by atoms with Crippen LogP contribution in [0.3, 0.4) is 0 Å². The highest BCUT2D eigenvalue weighted by Gasteiger charge is 2.19. The molecule has 0 saturated carbocycles. The Hall–Kier alpha value is -2.27. The molecule has 2 rings (SSSR count). The number of benzene rings is 2. The van der Waals surface area contributed by atoms with Crippen molar-refractivity contribution in [3.8, 4) is 11.5 Å². The molecule has 0 unspecified atom stereocenters. The Morgan fingerprint density at radius 1 is 1.17 bits per heavy atom. The van der Waals surface area contributed by atoms with Gasteiger partial charge in [-0.3, -0.25) is 10.1 Å². The number of nitrogen functional groups attached to an aromatic ring is 1. The summed E-state index contributed by atoms with van der Waals surface area (Å²) in [6.07, 6.45) is 0. The largest absolute Gasteiger partial charge is 0.446 e. The number of anilines is 1. The Kier molecular flexibility index (Phi) is 3.34. The van der Waals surface area contributed by atoms with Gasteiger partial charge < -0.3 is 10.5 Å². The van der Waals surface area contributed by atoms with Crippen LogP contribution in [0.4, 0.5) is 11.4 Å². The van der Waals surface area contributed by atoms with Crippen LogP contribution in [0.25, 0.3) is 0 Å². The van der Waals surface area contributed by atoms with Gasteiger partial charge in [-0.1, -0.05) is 29.8 Å². The fourth-order valence-corrected chi connectivity index (χ4v) is 1.63. The summed E-state index contributed by atoms with van der Waals surface area (Å²) in [5.41, 5.74) is 5.88. The fourth-order valence-electron chi connectivity index (χ4n) is 1.43. The van der Waals surface area contributed by atoms with Crippen molar-refractivity contribution in [3.05, 3.63) is 57.6 Å². The van der Waals surface area contributed by atoms with Gasteiger partial charge in [0.25, 0.3) is 0 Å². The Bertz CT molecular complexity index is 602. The first-order valence-corrected chi connectivity index (χ1v) is 5.42. The van der Waals surface area contributed by atoms with Gasteiger partial charge in [-0.05, 0) is 18.2 Å². The highest BCUT2D eigenvalue weighted by atomic mass is 35.5. The number of nitrogens with two attached hydrogens (primary N) is 1. The van der Waals surface area contributed by atoms with Crippen LogP contribution < -0.4 is 10.5 Å². The topological polar surface area (TPSA) is 78.4 Å². The Morgan fingerprint density at radius 3 is 2.56 bits per heavy atom. The summed E-state index contributed by atoms with van der Waals surface area (Å²) >= 11 is 5.91. The Balaban J connectivity index is 2.46. The molecule has 92 valence electrons. The molecule has 0 aliphatic heterocycles. The Labute approximate surface area is 108 Å². The third-order valence-electron chi connectivity index (χ3n) is 2.27. The van der Waals surface area contributed by atoms with Crippen LogP contribution in [0.15, 0.2) is 42.5 Å². The standard InChI is InChI=1S/C12H9ClN2O3/c13-8-4-3-6-10(15(16)17)12(8)18-11-7-2-1-5-9(11)14/h1-7H,14H2. The van der Waals surface area contributed by atoms with Crippen LogP contribution in [-0.4, -0.2) is 4.92 Å². The smallest absolute Gasteiger partial charge is 0.313 e. The van der Waals surface area contributed by atoms with Crippen molar-refractivity contribution >= 4 is 23.0 Å². The number of nitro groups is 1. The second-order valence-electron chi connectivity index (χ2n) is 3.49. The van der Waals surface area contributed by atoms with E-state index >= 15 is 0 Å². The van der Waals surface area contributed by atoms with Gasteiger partial charge in [0.05, 0.1) is 15.6 Å². The molecule has 0 amide bonds. The van der Waals surface area contributed by atoms with Crippen LogP contribution in [0.5, 0.6) is 11.5 Å². The molecule has 0 fully saturated rings. The summed E-state index contributed by atoms with van der Waals surface area (Å²) in [5.74, 6) is 0.316. The van der Waals surface area contributed by atoms with E-state index < -0.39 is 4.92 Å². The van der Waals surface area contributed by atoms with Gasteiger partial charge in [0.1, 0.15) is 0 Å². The maximum Gasteiger partial charge on any atom is 0.313 e. The predicted octanol–water partition coefficient (Wildman–Crippen LogP) is 3.62. The zero-order chi connectivity index (χ0) is 13.1. The molecular formula is C12H9ClN2O3. The van der Waals surface area contributed by atoms with Crippen molar-refractivity contribution in [1.82, 2.24) is 0 Å². The lowest BCUT2D eigenvalue weighted by atomic mass is 10.2. The number of halogens is 1. The van der Waals surface area contributed by atoms with E-state index in [0.717, 1.165) is 0 Å². The number of hydrogen-bond acceptors (Lipinski definition) is 4. The normalized spacial score (nSPS) is 10.1. The third-order valence-corrected chi connectivity index (χ3v) is 2.57. The molecular weight excluding hydrogens is 256 g/mol. The molecule has 0 saturated heterocycles. The van der Waals surface area contributed by atoms with Crippen LogP contribution >= 0.6 is 11.6 Å². The van der Waals surface area contributed by atoms with Crippen molar-refractivity contribution in [2.24, 2.45) is 0 Å². The Morgan fingerprint density at radius 2 is 1.89 bits per heavy atom. The lowest BCUT2D eigenvalue weighted by Gasteiger charge is -2.09. The van der Waals surface area contributed by atoms with Crippen LogP contribution in [0, 0.1) is 10.1 Å². The van der Waals surface area contributed by atoms with E-state index in [9.17, 15) is 10.1 Å². The number of rotatable bonds is 3. The minimum absolute atomic E-state index is 0.0120. The van der Waals surface area contributed by atoms with Crippen molar-refractivity contribution in [2.45, 2.75) is 0 Å². The van der Waals surface area contributed by atoms with Crippen molar-refractivity contribution < 1.29 is 9.66 Å². The van der Waals surface area contributed by atoms with Gasteiger partial charge in [0, 0.05) is 6.07 Å². The summed E-state index contributed by atoms with van der Waals surface area (Å²) in [5, 5.41) is 11.0. The first-order valence-electron chi connectivity index (χ1n) is 5.05. The van der Waals surface area contributed by atoms with E-state index in [-0.39, 0.29) is 16.5 Å². The zero-order valence-corrected chi connectivity index (χ0v) is 9.92. The number of nitro benzene ring substituents is 1. The average Bonchev–Trinajstić information content (AvgIpc) is 2.34. The second-order valence-corrected chi connectivity index (χ2v) is 3.89. The van der Waals surface area contributed by atoms with Gasteiger partial charge in [0.15, 0.2) is 5.75 Å². The number of ether oxygens (including phenoxy) is 1. The minimum atomic E-state index is -0.555. The van der Waals surface area contributed by atoms with Crippen LogP contribution in [0.2, 0.25) is 5.02 Å². The monoisotopic (exact) mass is 264 g/mol. The molecule has 2 aromatic rings. The molecule has 6 heteroatoms. The molecule has 0 aliphatic carbocycles. The minimum Gasteiger partial charge on any atom is -0.446 e. The number of hydrogen-bond donors (Lipinski definition) is 1. The van der Waals surface area contributed by atoms with Gasteiger partial charge in [-0.2, -0.15) is 0 Å². The lowest BCUT2D eigenvalue weighted by Crippen LogP contribution is -1.96. The summed E-state index contributed by atoms with van der Waals surface area (Å²) < 4.78 is 5.43. The van der Waals surface area contributed by atoms with Gasteiger partial charge in [0.2, 0.25) is 5.75 Å². The molecule has 0 bridgehead atoms. The zero-order valence-electron chi connectivity index (χ0n) is 9.17. The van der Waals surface area contributed by atoms with Crippen molar-refractivity contribution in [3.63, 3.8) is 0 Å². The number of nitrogens with zero attached hydrogens (tertiary/aromatic N) is 1. The lowest BCUT2D eigenvalue weighted by molar-refractivity contribution is -0.385. The molecule has 2 N–H and O–H groups in total. The molecule has 5 nitrogen and oxygen atoms in total. The summed E-state index contributed by atoms with van der Waals surface area (Å²) in [6, 6.07) is 11.0. The highest BCUT2D eigenvalue weighted by Crippen LogP contribution is 2.39. The molecule has 0 radical (unpaired) electrons. The SMILES string of the molecule is Nc1ccccc1Oc1c(Cl)cccc1[N+](=O)[O-]. The van der Waals surface area contributed by atoms with E-state index in [4.69, 9.17) is 22.1 Å². The highest BCUT2D eigenvalue weighted by molar-refractivity contribution is 6.32. The second kappa shape index (κ2) is 4.93. The average molecular weight is 265 g/mol. The van der Waals surface area contributed by atoms with Crippen LogP contribution in [-0.2, 0) is 0 Å². The van der Waals surface area contributed by atoms with Gasteiger partial charge in [-0.25, -0.2) is 0 Å². The first-order chi connectivity index (χ1) is 8.59. The molecule has 2 aromatic carbocycles. The van der Waals surface area contributed by atoms with E-state index in [0.29, 0.717) is 11.4 Å². The first kappa shape index (κ1) is 12.2. The van der Waals surface area contributed by atoms with E-state index in [1.165, 1.54) is 18.2 Å². The molecule has 18 heavy (non-hydrogen) atoms. The van der Waals surface area contributed by atoms with E-state index in [1.807, 2.05) is 0 Å². The van der Waals surface area contributed by atoms with Gasteiger partial charge >= 0.3 is 5.69 Å². The fraction of sp³-hybridized carbons (Fsp3) is 0. The molecule has 0 aromatic heterocycles. The third kappa shape index (κ3) is 2.36.